The van der Waals surface area contributed by atoms with Crippen molar-refractivity contribution in [2.75, 3.05) is 19.6 Å². The first-order valence-corrected chi connectivity index (χ1v) is 8.25. The Bertz CT molecular complexity index is 522. The Balaban J connectivity index is 0.00000200. The Morgan fingerprint density at radius 2 is 2.20 bits per heavy atom. The summed E-state index contributed by atoms with van der Waals surface area (Å²) in [6.45, 7) is 5.98. The maximum absolute atomic E-state index is 12.1. The first-order valence-electron chi connectivity index (χ1n) is 6.76. The van der Waals surface area contributed by atoms with Gasteiger partial charge in [-0.05, 0) is 58.2 Å². The van der Waals surface area contributed by atoms with Crippen molar-refractivity contribution in [3.05, 3.63) is 17.6 Å². The minimum absolute atomic E-state index is 0. The topological polar surface area (TPSA) is 71.3 Å². The van der Waals surface area contributed by atoms with Gasteiger partial charge in [0.05, 0.1) is 0 Å². The van der Waals surface area contributed by atoms with Gasteiger partial charge in [0.1, 0.15) is 16.4 Å². The highest BCUT2D eigenvalue weighted by molar-refractivity contribution is 7.89. The number of rotatable bonds is 5. The SMILES string of the molecule is Cc1cc(S(=O)(=O)NCCC2CCCNC2)c(C)o1.Cl. The summed E-state index contributed by atoms with van der Waals surface area (Å²) < 4.78 is 32.2. The average molecular weight is 323 g/mol. The van der Waals surface area contributed by atoms with Gasteiger partial charge in [-0.25, -0.2) is 13.1 Å². The van der Waals surface area contributed by atoms with Crippen molar-refractivity contribution in [1.82, 2.24) is 10.0 Å². The molecule has 1 aliphatic rings. The Hall–Kier alpha value is -0.560. The van der Waals surface area contributed by atoms with Gasteiger partial charge in [-0.3, -0.25) is 0 Å². The number of hydrogen-bond donors (Lipinski definition) is 2. The zero-order chi connectivity index (χ0) is 13.9. The number of aryl methyl sites for hydroxylation is 2. The highest BCUT2D eigenvalue weighted by atomic mass is 35.5. The monoisotopic (exact) mass is 322 g/mol. The highest BCUT2D eigenvalue weighted by Gasteiger charge is 2.21. The second-order valence-corrected chi connectivity index (χ2v) is 6.91. The van der Waals surface area contributed by atoms with Gasteiger partial charge in [-0.1, -0.05) is 0 Å². The van der Waals surface area contributed by atoms with Crippen molar-refractivity contribution in [2.24, 2.45) is 5.92 Å². The van der Waals surface area contributed by atoms with E-state index in [9.17, 15) is 8.42 Å². The van der Waals surface area contributed by atoms with Gasteiger partial charge in [0, 0.05) is 6.54 Å². The van der Waals surface area contributed by atoms with Crippen LogP contribution in [0.2, 0.25) is 0 Å². The van der Waals surface area contributed by atoms with Crippen LogP contribution in [0.5, 0.6) is 0 Å². The van der Waals surface area contributed by atoms with Crippen LogP contribution in [0.25, 0.3) is 0 Å². The van der Waals surface area contributed by atoms with Crippen molar-refractivity contribution in [2.45, 2.75) is 38.0 Å². The smallest absolute Gasteiger partial charge is 0.244 e. The molecule has 0 saturated carbocycles. The highest BCUT2D eigenvalue weighted by Crippen LogP contribution is 2.19. The molecule has 1 aromatic heterocycles. The molecule has 1 atom stereocenters. The fourth-order valence-electron chi connectivity index (χ4n) is 2.52. The molecule has 5 nitrogen and oxygen atoms in total. The van der Waals surface area contributed by atoms with E-state index in [0.717, 1.165) is 19.5 Å². The molecule has 1 unspecified atom stereocenters. The molecule has 116 valence electrons. The zero-order valence-electron chi connectivity index (χ0n) is 11.9. The number of halogens is 1. The van der Waals surface area contributed by atoms with Gasteiger partial charge >= 0.3 is 0 Å². The Labute approximate surface area is 127 Å². The van der Waals surface area contributed by atoms with Crippen LogP contribution < -0.4 is 10.0 Å². The third-order valence-electron chi connectivity index (χ3n) is 3.53. The van der Waals surface area contributed by atoms with Crippen molar-refractivity contribution in [3.63, 3.8) is 0 Å². The molecule has 0 amide bonds. The van der Waals surface area contributed by atoms with E-state index in [1.54, 1.807) is 19.9 Å². The molecule has 7 heteroatoms. The Kier molecular flexibility index (Phi) is 6.51. The molecule has 1 aromatic rings. The van der Waals surface area contributed by atoms with Crippen molar-refractivity contribution < 1.29 is 12.8 Å². The van der Waals surface area contributed by atoms with Crippen molar-refractivity contribution in [3.8, 4) is 0 Å². The van der Waals surface area contributed by atoms with E-state index in [1.807, 2.05) is 0 Å². The molecule has 1 saturated heterocycles. The van der Waals surface area contributed by atoms with E-state index in [1.165, 1.54) is 12.8 Å². The lowest BCUT2D eigenvalue weighted by Gasteiger charge is -2.22. The molecule has 0 radical (unpaired) electrons. The maximum Gasteiger partial charge on any atom is 0.244 e. The van der Waals surface area contributed by atoms with E-state index < -0.39 is 10.0 Å². The lowest BCUT2D eigenvalue weighted by atomic mass is 9.96. The fraction of sp³-hybridized carbons (Fsp3) is 0.692. The van der Waals surface area contributed by atoms with E-state index in [0.29, 0.717) is 24.0 Å². The zero-order valence-corrected chi connectivity index (χ0v) is 13.6. The van der Waals surface area contributed by atoms with Crippen LogP contribution in [0.1, 0.15) is 30.8 Å². The van der Waals surface area contributed by atoms with Crippen LogP contribution >= 0.6 is 12.4 Å². The lowest BCUT2D eigenvalue weighted by molar-refractivity contribution is 0.358. The summed E-state index contributed by atoms with van der Waals surface area (Å²) in [5, 5.41) is 3.33. The minimum atomic E-state index is -3.44. The summed E-state index contributed by atoms with van der Waals surface area (Å²) in [6, 6.07) is 1.57. The molecule has 0 aliphatic carbocycles. The maximum atomic E-state index is 12.1. The molecule has 20 heavy (non-hydrogen) atoms. The molecule has 1 fully saturated rings. The van der Waals surface area contributed by atoms with Gasteiger partial charge in [0.2, 0.25) is 10.0 Å². The summed E-state index contributed by atoms with van der Waals surface area (Å²) in [5.74, 6) is 1.64. The average Bonchev–Trinajstić information content (AvgIpc) is 2.70. The predicted molar refractivity (Wildman–Crippen MR) is 80.8 cm³/mol. The van der Waals surface area contributed by atoms with Gasteiger partial charge in [-0.2, -0.15) is 0 Å². The minimum Gasteiger partial charge on any atom is -0.465 e. The lowest BCUT2D eigenvalue weighted by Crippen LogP contribution is -2.33. The van der Waals surface area contributed by atoms with Crippen LogP contribution in [-0.2, 0) is 10.0 Å². The molecule has 1 aliphatic heterocycles. The summed E-state index contributed by atoms with van der Waals surface area (Å²) in [5.41, 5.74) is 0. The van der Waals surface area contributed by atoms with Crippen LogP contribution in [0, 0.1) is 19.8 Å². The number of piperidine rings is 1. The number of furan rings is 1. The van der Waals surface area contributed by atoms with E-state index in [4.69, 9.17) is 4.42 Å². The molecule has 2 N–H and O–H groups in total. The molecule has 0 aromatic carbocycles. The molecule has 2 rings (SSSR count). The van der Waals surface area contributed by atoms with Gasteiger partial charge in [0.25, 0.3) is 0 Å². The Morgan fingerprint density at radius 3 is 2.75 bits per heavy atom. The third kappa shape index (κ3) is 4.48. The summed E-state index contributed by atoms with van der Waals surface area (Å²) >= 11 is 0. The van der Waals surface area contributed by atoms with Crippen LogP contribution in [0.4, 0.5) is 0 Å². The van der Waals surface area contributed by atoms with Crippen molar-refractivity contribution in [1.29, 1.82) is 0 Å². The fourth-order valence-corrected chi connectivity index (χ4v) is 3.80. The number of nitrogens with one attached hydrogen (secondary N) is 2. The molecule has 0 bridgehead atoms. The number of hydrogen-bond acceptors (Lipinski definition) is 4. The third-order valence-corrected chi connectivity index (χ3v) is 5.10. The molecule has 2 heterocycles. The van der Waals surface area contributed by atoms with Crippen LogP contribution in [-0.4, -0.2) is 28.1 Å². The quantitative estimate of drug-likeness (QED) is 0.869. The summed E-state index contributed by atoms with van der Waals surface area (Å²) in [7, 11) is -3.44. The van der Waals surface area contributed by atoms with Gasteiger partial charge in [0.15, 0.2) is 0 Å². The second kappa shape index (κ2) is 7.45. The standard InChI is InChI=1S/C13H22N2O3S.ClH/c1-10-8-13(11(2)18-10)19(16,17)15-7-5-12-4-3-6-14-9-12;/h8,12,14-15H,3-7,9H2,1-2H3;1H. The van der Waals surface area contributed by atoms with Gasteiger partial charge < -0.3 is 9.73 Å². The van der Waals surface area contributed by atoms with Crippen LogP contribution in [0.3, 0.4) is 0 Å². The molecular formula is C13H23ClN2O3S. The van der Waals surface area contributed by atoms with E-state index in [2.05, 4.69) is 10.0 Å². The molecule has 0 spiro atoms. The summed E-state index contributed by atoms with van der Waals surface area (Å²) in [6.07, 6.45) is 3.23. The van der Waals surface area contributed by atoms with E-state index >= 15 is 0 Å². The second-order valence-electron chi connectivity index (χ2n) is 5.18. The molecular weight excluding hydrogens is 300 g/mol. The predicted octanol–water partition coefficient (Wildman–Crippen LogP) is 1.99. The normalized spacial score (nSPS) is 19.6. The number of sulfonamides is 1. The van der Waals surface area contributed by atoms with E-state index in [-0.39, 0.29) is 17.3 Å². The first-order chi connectivity index (χ1) is 8.99. The summed E-state index contributed by atoms with van der Waals surface area (Å²) in [4.78, 5) is 0.256. The largest absolute Gasteiger partial charge is 0.465 e. The van der Waals surface area contributed by atoms with Crippen molar-refractivity contribution >= 4 is 22.4 Å². The Morgan fingerprint density at radius 1 is 1.45 bits per heavy atom. The first kappa shape index (κ1) is 17.5. The van der Waals surface area contributed by atoms with Gasteiger partial charge in [-0.15, -0.1) is 12.4 Å². The van der Waals surface area contributed by atoms with Crippen LogP contribution in [0.15, 0.2) is 15.4 Å².